The molecule has 0 aromatic heterocycles. The summed E-state index contributed by atoms with van der Waals surface area (Å²) in [4.78, 5) is 13.5. The number of likely N-dealkylation sites (tertiary alicyclic amines) is 1. The predicted molar refractivity (Wildman–Crippen MR) is 57.8 cm³/mol. The van der Waals surface area contributed by atoms with Gasteiger partial charge in [-0.05, 0) is 13.3 Å². The molecule has 1 amide bonds. The minimum absolute atomic E-state index is 0.193. The van der Waals surface area contributed by atoms with Crippen molar-refractivity contribution in [2.75, 3.05) is 19.6 Å². The van der Waals surface area contributed by atoms with Crippen molar-refractivity contribution < 1.29 is 9.53 Å². The molecule has 0 aromatic rings. The number of alkyl carbamates (subject to hydrolysis) is 1. The van der Waals surface area contributed by atoms with Gasteiger partial charge in [0.05, 0.1) is 6.54 Å². The summed E-state index contributed by atoms with van der Waals surface area (Å²) in [5, 5.41) is 2.76. The summed E-state index contributed by atoms with van der Waals surface area (Å²) in [5.74, 6) is 0. The van der Waals surface area contributed by atoms with Crippen LogP contribution >= 0.6 is 0 Å². The first-order valence-electron chi connectivity index (χ1n) is 5.86. The molecule has 2 aliphatic rings. The molecule has 86 valence electrons. The van der Waals surface area contributed by atoms with Gasteiger partial charge in [0.25, 0.3) is 0 Å². The Bertz CT molecular complexity index is 247. The third-order valence-corrected chi connectivity index (χ3v) is 3.79. The van der Waals surface area contributed by atoms with E-state index in [1.54, 1.807) is 0 Å². The monoisotopic (exact) mass is 212 g/mol. The number of rotatable bonds is 2. The van der Waals surface area contributed by atoms with Crippen molar-refractivity contribution in [1.29, 1.82) is 0 Å². The van der Waals surface area contributed by atoms with Gasteiger partial charge in [0, 0.05) is 32.0 Å². The smallest absolute Gasteiger partial charge is 0.407 e. The van der Waals surface area contributed by atoms with E-state index in [2.05, 4.69) is 24.1 Å². The van der Waals surface area contributed by atoms with Crippen LogP contribution in [-0.4, -0.2) is 42.3 Å². The lowest BCUT2D eigenvalue weighted by Gasteiger charge is -2.39. The summed E-state index contributed by atoms with van der Waals surface area (Å²) in [7, 11) is 0. The second-order valence-electron chi connectivity index (χ2n) is 4.72. The molecule has 1 N–H and O–H groups in total. The average molecular weight is 212 g/mol. The number of piperidine rings is 1. The van der Waals surface area contributed by atoms with Crippen LogP contribution in [0.4, 0.5) is 4.79 Å². The first-order chi connectivity index (χ1) is 7.15. The molecule has 0 aliphatic carbocycles. The minimum Gasteiger partial charge on any atom is -0.441 e. The highest BCUT2D eigenvalue weighted by Gasteiger charge is 2.43. The minimum atomic E-state index is -0.244. The van der Waals surface area contributed by atoms with Crippen LogP contribution in [0.2, 0.25) is 0 Å². The van der Waals surface area contributed by atoms with Crippen LogP contribution in [0, 0.1) is 0 Å². The second kappa shape index (κ2) is 4.00. The van der Waals surface area contributed by atoms with E-state index in [1.165, 1.54) is 6.42 Å². The van der Waals surface area contributed by atoms with Crippen molar-refractivity contribution in [3.05, 3.63) is 0 Å². The van der Waals surface area contributed by atoms with Gasteiger partial charge in [-0.25, -0.2) is 4.79 Å². The predicted octanol–water partition coefficient (Wildman–Crippen LogP) is 1.36. The third kappa shape index (κ3) is 2.09. The fraction of sp³-hybridized carbons (Fsp3) is 0.909. The van der Waals surface area contributed by atoms with Gasteiger partial charge >= 0.3 is 6.09 Å². The van der Waals surface area contributed by atoms with Crippen molar-refractivity contribution >= 4 is 6.09 Å². The number of hydrogen-bond donors (Lipinski definition) is 1. The maximum Gasteiger partial charge on any atom is 0.407 e. The molecule has 2 heterocycles. The Hall–Kier alpha value is -0.770. The van der Waals surface area contributed by atoms with Gasteiger partial charge in [-0.15, -0.1) is 0 Å². The standard InChI is InChI=1S/C11H20N2O2/c1-3-9(2)13-6-4-11(5-7-13)8-12-10(14)15-11/h9H,3-8H2,1-2H3,(H,12,14). The highest BCUT2D eigenvalue weighted by molar-refractivity contribution is 5.70. The number of hydrogen-bond acceptors (Lipinski definition) is 3. The van der Waals surface area contributed by atoms with E-state index in [9.17, 15) is 4.79 Å². The molecule has 1 spiro atoms. The molecule has 2 saturated heterocycles. The van der Waals surface area contributed by atoms with Crippen LogP contribution in [0.1, 0.15) is 33.1 Å². The molecule has 1 unspecified atom stereocenters. The molecular weight excluding hydrogens is 192 g/mol. The van der Waals surface area contributed by atoms with Gasteiger partial charge in [0.1, 0.15) is 5.60 Å². The summed E-state index contributed by atoms with van der Waals surface area (Å²) in [5.41, 5.74) is -0.193. The summed E-state index contributed by atoms with van der Waals surface area (Å²) in [6.07, 6.45) is 2.88. The maximum atomic E-state index is 11.0. The molecular formula is C11H20N2O2. The van der Waals surface area contributed by atoms with E-state index < -0.39 is 0 Å². The van der Waals surface area contributed by atoms with Crippen LogP contribution in [0.25, 0.3) is 0 Å². The molecule has 0 aromatic carbocycles. The van der Waals surface area contributed by atoms with Crippen LogP contribution in [0.3, 0.4) is 0 Å². The Morgan fingerprint density at radius 3 is 2.67 bits per heavy atom. The zero-order chi connectivity index (χ0) is 10.9. The quantitative estimate of drug-likeness (QED) is 0.751. The van der Waals surface area contributed by atoms with Crippen molar-refractivity contribution in [2.24, 2.45) is 0 Å². The van der Waals surface area contributed by atoms with Crippen molar-refractivity contribution in [3.63, 3.8) is 0 Å². The van der Waals surface area contributed by atoms with Gasteiger partial charge in [0.15, 0.2) is 0 Å². The maximum absolute atomic E-state index is 11.0. The summed E-state index contributed by atoms with van der Waals surface area (Å²) in [6, 6.07) is 0.646. The van der Waals surface area contributed by atoms with E-state index in [0.717, 1.165) is 25.9 Å². The Kier molecular flexibility index (Phi) is 2.87. The lowest BCUT2D eigenvalue weighted by molar-refractivity contribution is -0.00828. The number of carbonyl (C=O) groups excluding carboxylic acids is 1. The number of nitrogens with one attached hydrogen (secondary N) is 1. The number of nitrogens with zero attached hydrogens (tertiary/aromatic N) is 1. The number of carbonyl (C=O) groups is 1. The zero-order valence-electron chi connectivity index (χ0n) is 9.58. The van der Waals surface area contributed by atoms with Crippen molar-refractivity contribution in [3.8, 4) is 0 Å². The SMILES string of the molecule is CCC(C)N1CCC2(CC1)CNC(=O)O2. The second-order valence-corrected chi connectivity index (χ2v) is 4.72. The summed E-state index contributed by atoms with van der Waals surface area (Å²) >= 11 is 0. The van der Waals surface area contributed by atoms with Gasteiger partial charge in [-0.2, -0.15) is 0 Å². The molecule has 2 rings (SSSR count). The molecule has 15 heavy (non-hydrogen) atoms. The van der Waals surface area contributed by atoms with Gasteiger partial charge in [-0.3, -0.25) is 0 Å². The Balaban J connectivity index is 1.89. The van der Waals surface area contributed by atoms with Gasteiger partial charge < -0.3 is 15.0 Å². The molecule has 2 fully saturated rings. The first-order valence-corrected chi connectivity index (χ1v) is 5.86. The molecule has 4 nitrogen and oxygen atoms in total. The highest BCUT2D eigenvalue weighted by Crippen LogP contribution is 2.30. The molecule has 0 saturated carbocycles. The fourth-order valence-electron chi connectivity index (χ4n) is 2.41. The van der Waals surface area contributed by atoms with E-state index in [0.29, 0.717) is 12.6 Å². The normalized spacial score (nSPS) is 27.5. The van der Waals surface area contributed by atoms with Gasteiger partial charge in [-0.1, -0.05) is 6.92 Å². The van der Waals surface area contributed by atoms with Gasteiger partial charge in [0.2, 0.25) is 0 Å². The van der Waals surface area contributed by atoms with E-state index in [4.69, 9.17) is 4.74 Å². The average Bonchev–Trinajstić information content (AvgIpc) is 2.60. The van der Waals surface area contributed by atoms with Crippen LogP contribution in [0.15, 0.2) is 0 Å². The van der Waals surface area contributed by atoms with E-state index in [-0.39, 0.29) is 11.7 Å². The largest absolute Gasteiger partial charge is 0.441 e. The molecule has 0 radical (unpaired) electrons. The molecule has 1 atom stereocenters. The van der Waals surface area contributed by atoms with Crippen LogP contribution in [-0.2, 0) is 4.74 Å². The van der Waals surface area contributed by atoms with Crippen LogP contribution in [0.5, 0.6) is 0 Å². The fourth-order valence-corrected chi connectivity index (χ4v) is 2.41. The topological polar surface area (TPSA) is 41.6 Å². The lowest BCUT2D eigenvalue weighted by atomic mass is 9.91. The zero-order valence-corrected chi connectivity index (χ0v) is 9.58. The highest BCUT2D eigenvalue weighted by atomic mass is 16.6. The van der Waals surface area contributed by atoms with Crippen molar-refractivity contribution in [2.45, 2.75) is 44.8 Å². The Morgan fingerprint density at radius 2 is 2.20 bits per heavy atom. The molecule has 0 bridgehead atoms. The Morgan fingerprint density at radius 1 is 1.53 bits per heavy atom. The first kappa shape index (κ1) is 10.7. The Labute approximate surface area is 91.0 Å². The van der Waals surface area contributed by atoms with Crippen molar-refractivity contribution in [1.82, 2.24) is 10.2 Å². The van der Waals surface area contributed by atoms with E-state index in [1.807, 2.05) is 0 Å². The lowest BCUT2D eigenvalue weighted by Crippen LogP contribution is -2.49. The van der Waals surface area contributed by atoms with Crippen LogP contribution < -0.4 is 5.32 Å². The molecule has 2 aliphatic heterocycles. The third-order valence-electron chi connectivity index (χ3n) is 3.79. The number of amides is 1. The summed E-state index contributed by atoms with van der Waals surface area (Å²) in [6.45, 7) is 7.26. The number of ether oxygens (including phenoxy) is 1. The molecule has 4 heteroatoms. The van der Waals surface area contributed by atoms with E-state index >= 15 is 0 Å². The summed E-state index contributed by atoms with van der Waals surface area (Å²) < 4.78 is 5.37.